The molecule has 0 aliphatic carbocycles. The third-order valence-electron chi connectivity index (χ3n) is 3.62. The second kappa shape index (κ2) is 5.21. The maximum absolute atomic E-state index is 13.5. The molecular formula is C16H27OP. The Morgan fingerprint density at radius 2 is 1.39 bits per heavy atom. The first-order valence-corrected chi connectivity index (χ1v) is 8.65. The summed E-state index contributed by atoms with van der Waals surface area (Å²) in [5, 5.41) is 1.09. The average molecular weight is 266 g/mol. The minimum atomic E-state index is -2.35. The van der Waals surface area contributed by atoms with Crippen LogP contribution in [0.4, 0.5) is 0 Å². The van der Waals surface area contributed by atoms with Gasteiger partial charge in [-0.15, -0.1) is 0 Å². The molecule has 0 fully saturated rings. The quantitative estimate of drug-likeness (QED) is 0.719. The molecule has 1 rings (SSSR count). The molecule has 1 nitrogen and oxygen atoms in total. The predicted octanol–water partition coefficient (Wildman–Crippen LogP) is 4.79. The first-order chi connectivity index (χ1) is 8.11. The van der Waals surface area contributed by atoms with Gasteiger partial charge in [-0.3, -0.25) is 0 Å². The normalized spacial score (nSPS) is 13.4. The van der Waals surface area contributed by atoms with Crippen LogP contribution in [0, 0.1) is 0 Å². The van der Waals surface area contributed by atoms with Gasteiger partial charge >= 0.3 is 0 Å². The van der Waals surface area contributed by atoms with Crippen LogP contribution in [-0.2, 0) is 9.98 Å². The van der Waals surface area contributed by atoms with Crippen LogP contribution < -0.4 is 5.30 Å². The van der Waals surface area contributed by atoms with E-state index < -0.39 is 7.14 Å². The fraction of sp³-hybridized carbons (Fsp3) is 0.625. The Morgan fingerprint density at radius 1 is 0.944 bits per heavy atom. The van der Waals surface area contributed by atoms with Crippen LogP contribution in [0.3, 0.4) is 0 Å². The molecule has 2 heteroatoms. The zero-order valence-corrected chi connectivity index (χ0v) is 13.7. The average Bonchev–Trinajstić information content (AvgIpc) is 2.26. The van der Waals surface area contributed by atoms with E-state index in [-0.39, 0.29) is 16.7 Å². The highest BCUT2D eigenvalue weighted by atomic mass is 31.2. The molecule has 102 valence electrons. The van der Waals surface area contributed by atoms with Gasteiger partial charge in [0.15, 0.2) is 0 Å². The van der Waals surface area contributed by atoms with Crippen molar-refractivity contribution in [3.63, 3.8) is 0 Å². The molecule has 0 saturated carbocycles. The summed E-state index contributed by atoms with van der Waals surface area (Å²) >= 11 is 0. The topological polar surface area (TPSA) is 17.1 Å². The van der Waals surface area contributed by atoms with E-state index in [9.17, 15) is 4.57 Å². The molecule has 0 saturated heterocycles. The monoisotopic (exact) mass is 266 g/mol. The van der Waals surface area contributed by atoms with Crippen molar-refractivity contribution in [1.82, 2.24) is 0 Å². The van der Waals surface area contributed by atoms with Gasteiger partial charge in [0.05, 0.1) is 0 Å². The Balaban J connectivity index is 3.54. The van der Waals surface area contributed by atoms with Gasteiger partial charge in [-0.1, -0.05) is 72.7 Å². The predicted molar refractivity (Wildman–Crippen MR) is 82.7 cm³/mol. The van der Waals surface area contributed by atoms with Crippen molar-refractivity contribution in [1.29, 1.82) is 0 Å². The molecule has 0 aliphatic heterocycles. The summed E-state index contributed by atoms with van der Waals surface area (Å²) in [5.74, 6) is 0. The highest BCUT2D eigenvalue weighted by Gasteiger charge is 2.36. The standard InChI is InChI=1S/C16H27OP/c1-12(2)18(17,13(3)4)15-11-9-8-10-14(15)16(5,6)7/h8-13H,1-7H3. The molecule has 0 radical (unpaired) electrons. The van der Waals surface area contributed by atoms with Gasteiger partial charge in [0, 0.05) is 16.6 Å². The molecular weight excluding hydrogens is 239 g/mol. The molecule has 0 aliphatic rings. The largest absolute Gasteiger partial charge is 0.318 e. The van der Waals surface area contributed by atoms with Crippen molar-refractivity contribution in [2.24, 2.45) is 0 Å². The second-order valence-corrected chi connectivity index (χ2v) is 10.6. The third kappa shape index (κ3) is 2.72. The second-order valence-electron chi connectivity index (χ2n) is 6.66. The van der Waals surface area contributed by atoms with Crippen LogP contribution in [0.25, 0.3) is 0 Å². The highest BCUT2D eigenvalue weighted by molar-refractivity contribution is 7.72. The molecule has 18 heavy (non-hydrogen) atoms. The molecule has 0 bridgehead atoms. The van der Waals surface area contributed by atoms with E-state index in [2.05, 4.69) is 66.7 Å². The number of benzene rings is 1. The van der Waals surface area contributed by atoms with E-state index >= 15 is 0 Å². The molecule has 0 heterocycles. The first-order valence-electron chi connectivity index (χ1n) is 6.81. The molecule has 1 aromatic carbocycles. The van der Waals surface area contributed by atoms with E-state index in [1.54, 1.807) is 0 Å². The fourth-order valence-corrected chi connectivity index (χ4v) is 5.98. The summed E-state index contributed by atoms with van der Waals surface area (Å²) in [6.45, 7) is 14.9. The van der Waals surface area contributed by atoms with Crippen molar-refractivity contribution in [3.05, 3.63) is 29.8 Å². The van der Waals surface area contributed by atoms with Gasteiger partial charge in [0.2, 0.25) is 0 Å². The van der Waals surface area contributed by atoms with E-state index in [0.29, 0.717) is 0 Å². The maximum atomic E-state index is 13.5. The lowest BCUT2D eigenvalue weighted by Gasteiger charge is -2.32. The lowest BCUT2D eigenvalue weighted by Crippen LogP contribution is -2.28. The van der Waals surface area contributed by atoms with Crippen LogP contribution >= 0.6 is 7.14 Å². The van der Waals surface area contributed by atoms with Gasteiger partial charge in [-0.2, -0.15) is 0 Å². The van der Waals surface area contributed by atoms with Crippen LogP contribution in [0.5, 0.6) is 0 Å². The smallest absolute Gasteiger partial charge is 0.120 e. The molecule has 0 spiro atoms. The third-order valence-corrected chi connectivity index (χ3v) is 7.83. The summed E-state index contributed by atoms with van der Waals surface area (Å²) in [4.78, 5) is 0. The van der Waals surface area contributed by atoms with Crippen LogP contribution in [0.1, 0.15) is 54.0 Å². The molecule has 0 atom stereocenters. The molecule has 0 unspecified atom stereocenters. The summed E-state index contributed by atoms with van der Waals surface area (Å²) < 4.78 is 13.5. The van der Waals surface area contributed by atoms with E-state index in [4.69, 9.17) is 0 Å². The Bertz CT molecular complexity index is 440. The van der Waals surface area contributed by atoms with Gasteiger partial charge in [0.25, 0.3) is 0 Å². The molecule has 1 aromatic rings. The molecule has 0 amide bonds. The fourth-order valence-electron chi connectivity index (χ4n) is 2.57. The number of hydrogen-bond acceptors (Lipinski definition) is 1. The summed E-state index contributed by atoms with van der Waals surface area (Å²) in [6, 6.07) is 8.27. The van der Waals surface area contributed by atoms with Gasteiger partial charge in [-0.05, 0) is 11.0 Å². The van der Waals surface area contributed by atoms with E-state index in [1.807, 2.05) is 6.07 Å². The summed E-state index contributed by atoms with van der Waals surface area (Å²) in [5.41, 5.74) is 1.66. The first kappa shape index (κ1) is 15.5. The van der Waals surface area contributed by atoms with Crippen LogP contribution in [0.15, 0.2) is 24.3 Å². The lowest BCUT2D eigenvalue weighted by atomic mass is 9.87. The van der Waals surface area contributed by atoms with Crippen LogP contribution in [0.2, 0.25) is 0 Å². The lowest BCUT2D eigenvalue weighted by molar-refractivity contribution is 0.564. The Kier molecular flexibility index (Phi) is 4.49. The zero-order valence-electron chi connectivity index (χ0n) is 12.8. The number of rotatable bonds is 3. The van der Waals surface area contributed by atoms with Crippen molar-refractivity contribution in [2.75, 3.05) is 0 Å². The minimum absolute atomic E-state index is 0.0377. The minimum Gasteiger partial charge on any atom is -0.318 e. The van der Waals surface area contributed by atoms with Crippen molar-refractivity contribution in [2.45, 2.75) is 65.2 Å². The van der Waals surface area contributed by atoms with Crippen molar-refractivity contribution in [3.8, 4) is 0 Å². The van der Waals surface area contributed by atoms with Crippen molar-refractivity contribution >= 4 is 12.4 Å². The molecule has 0 aromatic heterocycles. The Morgan fingerprint density at radius 3 is 1.78 bits per heavy atom. The summed E-state index contributed by atoms with van der Waals surface area (Å²) in [6.07, 6.45) is 0. The zero-order chi connectivity index (χ0) is 14.1. The van der Waals surface area contributed by atoms with Crippen LogP contribution in [-0.4, -0.2) is 11.3 Å². The van der Waals surface area contributed by atoms with Gasteiger partial charge in [0.1, 0.15) is 7.14 Å². The van der Waals surface area contributed by atoms with Gasteiger partial charge < -0.3 is 4.57 Å². The maximum Gasteiger partial charge on any atom is 0.120 e. The molecule has 0 N–H and O–H groups in total. The van der Waals surface area contributed by atoms with E-state index in [0.717, 1.165) is 5.30 Å². The summed E-state index contributed by atoms with van der Waals surface area (Å²) in [7, 11) is -2.35. The number of hydrogen-bond donors (Lipinski definition) is 0. The van der Waals surface area contributed by atoms with E-state index in [1.165, 1.54) is 5.56 Å². The Labute approximate surface area is 112 Å². The Hall–Kier alpha value is -0.550. The van der Waals surface area contributed by atoms with Crippen molar-refractivity contribution < 1.29 is 4.57 Å². The van der Waals surface area contributed by atoms with Gasteiger partial charge in [-0.25, -0.2) is 0 Å². The highest BCUT2D eigenvalue weighted by Crippen LogP contribution is 2.55. The SMILES string of the molecule is CC(C)P(=O)(c1ccccc1C(C)(C)C)C(C)C.